The van der Waals surface area contributed by atoms with Crippen LogP contribution >= 0.6 is 11.6 Å². The summed E-state index contributed by atoms with van der Waals surface area (Å²) in [4.78, 5) is 17.3. The van der Waals surface area contributed by atoms with Gasteiger partial charge in [-0.15, -0.1) is 0 Å². The van der Waals surface area contributed by atoms with Crippen molar-refractivity contribution in [3.63, 3.8) is 0 Å². The molecule has 1 atom stereocenters. The normalized spacial score (nSPS) is 14.4. The van der Waals surface area contributed by atoms with Gasteiger partial charge >= 0.3 is 0 Å². The van der Waals surface area contributed by atoms with Crippen molar-refractivity contribution in [3.8, 4) is 5.75 Å². The third-order valence-electron chi connectivity index (χ3n) is 7.29. The van der Waals surface area contributed by atoms with E-state index in [0.29, 0.717) is 48.1 Å². The van der Waals surface area contributed by atoms with Crippen LogP contribution in [0, 0.1) is 0 Å². The van der Waals surface area contributed by atoms with Gasteiger partial charge in [0.1, 0.15) is 10.6 Å². The average Bonchev–Trinajstić information content (AvgIpc) is 3.01. The minimum absolute atomic E-state index is 0.102. The number of benzene rings is 4. The van der Waals surface area contributed by atoms with Gasteiger partial charge in [0, 0.05) is 48.5 Å². The minimum Gasteiger partial charge on any atom is -0.495 e. The lowest BCUT2D eigenvalue weighted by molar-refractivity contribution is 0.102. The molecule has 4 aromatic rings. The van der Waals surface area contributed by atoms with Gasteiger partial charge in [0.25, 0.3) is 5.91 Å². The molecule has 0 unspecified atom stereocenters. The molecule has 1 amide bonds. The van der Waals surface area contributed by atoms with Gasteiger partial charge in [0.2, 0.25) is 10.0 Å². The van der Waals surface area contributed by atoms with E-state index in [-0.39, 0.29) is 10.8 Å². The van der Waals surface area contributed by atoms with Crippen LogP contribution < -0.4 is 24.6 Å². The number of hydrogen-bond donors (Lipinski definition) is 2. The lowest BCUT2D eigenvalue weighted by Gasteiger charge is -2.38. The second-order valence-corrected chi connectivity index (χ2v) is 12.2. The van der Waals surface area contributed by atoms with Crippen LogP contribution in [-0.4, -0.2) is 47.6 Å². The monoisotopic (exact) mass is 604 g/mol. The Hall–Kier alpha value is -4.05. The number of piperazine rings is 1. The van der Waals surface area contributed by atoms with Crippen molar-refractivity contribution in [3.05, 3.63) is 113 Å². The van der Waals surface area contributed by atoms with Gasteiger partial charge < -0.3 is 19.9 Å². The van der Waals surface area contributed by atoms with E-state index in [1.54, 1.807) is 43.5 Å². The summed E-state index contributed by atoms with van der Waals surface area (Å²) in [6.45, 7) is 4.38. The largest absolute Gasteiger partial charge is 0.495 e. The van der Waals surface area contributed by atoms with Crippen molar-refractivity contribution in [1.82, 2.24) is 4.72 Å². The van der Waals surface area contributed by atoms with Gasteiger partial charge in [0.05, 0.1) is 18.5 Å². The van der Waals surface area contributed by atoms with E-state index < -0.39 is 16.1 Å². The first kappa shape index (κ1) is 29.4. The van der Waals surface area contributed by atoms with E-state index in [1.165, 1.54) is 6.07 Å². The van der Waals surface area contributed by atoms with E-state index in [1.807, 2.05) is 61.5 Å². The Bertz CT molecular complexity index is 1640. The first-order valence-corrected chi connectivity index (χ1v) is 15.5. The topological polar surface area (TPSA) is 91.0 Å². The summed E-state index contributed by atoms with van der Waals surface area (Å²) in [7, 11) is -2.33. The Morgan fingerprint density at radius 3 is 2.12 bits per heavy atom. The molecule has 42 heavy (non-hydrogen) atoms. The van der Waals surface area contributed by atoms with E-state index in [2.05, 4.69) is 19.8 Å². The van der Waals surface area contributed by atoms with Gasteiger partial charge in [-0.2, -0.15) is 0 Å². The average molecular weight is 605 g/mol. The second-order valence-electron chi connectivity index (χ2n) is 10.0. The number of carbonyl (C=O) groups is 1. The predicted octanol–water partition coefficient (Wildman–Crippen LogP) is 5.97. The van der Waals surface area contributed by atoms with E-state index >= 15 is 0 Å². The summed E-state index contributed by atoms with van der Waals surface area (Å²) in [5, 5.41) is 3.35. The zero-order valence-electron chi connectivity index (χ0n) is 23.5. The number of hydrogen-bond acceptors (Lipinski definition) is 6. The number of nitrogens with one attached hydrogen (secondary N) is 2. The molecule has 5 rings (SSSR count). The maximum Gasteiger partial charge on any atom is 0.255 e. The van der Waals surface area contributed by atoms with Crippen molar-refractivity contribution >= 4 is 44.6 Å². The summed E-state index contributed by atoms with van der Waals surface area (Å²) in [5.74, 6) is 0.438. The first-order chi connectivity index (χ1) is 20.2. The highest BCUT2D eigenvalue weighted by atomic mass is 35.5. The van der Waals surface area contributed by atoms with Crippen LogP contribution in [0.5, 0.6) is 5.75 Å². The number of nitrogens with zero attached hydrogens (tertiary/aromatic N) is 2. The highest BCUT2D eigenvalue weighted by Crippen LogP contribution is 2.33. The molecular formula is C32H33ClN4O4S. The number of ether oxygens (including phenoxy) is 1. The molecule has 1 saturated heterocycles. The molecule has 1 aliphatic rings. The van der Waals surface area contributed by atoms with Gasteiger partial charge in [0.15, 0.2) is 0 Å². The van der Waals surface area contributed by atoms with E-state index in [0.717, 1.165) is 17.0 Å². The lowest BCUT2D eigenvalue weighted by atomic mass is 10.1. The molecule has 218 valence electrons. The lowest BCUT2D eigenvalue weighted by Crippen LogP contribution is -2.47. The summed E-state index contributed by atoms with van der Waals surface area (Å²) < 4.78 is 36.2. The Balaban J connectivity index is 1.43. The molecule has 0 saturated carbocycles. The SMILES string of the molecule is COc1ccccc1N1CCN(c2ccc(NC(=O)c3ccc(Cl)cc3)cc2S(=O)(=O)N[C@@H](C)c2ccccc2)CC1. The third-order valence-corrected chi connectivity index (χ3v) is 9.11. The van der Waals surface area contributed by atoms with Crippen LogP contribution in [0.2, 0.25) is 5.02 Å². The summed E-state index contributed by atoms with van der Waals surface area (Å²) in [5.41, 5.74) is 3.22. The van der Waals surface area contributed by atoms with Gasteiger partial charge in [-0.05, 0) is 67.1 Å². The van der Waals surface area contributed by atoms with Crippen LogP contribution in [0.15, 0.2) is 102 Å². The Morgan fingerprint density at radius 1 is 0.833 bits per heavy atom. The Labute approximate surface area is 251 Å². The molecule has 0 spiro atoms. The molecule has 0 bridgehead atoms. The number of halogens is 1. The number of rotatable bonds is 9. The van der Waals surface area contributed by atoms with E-state index in [4.69, 9.17) is 16.3 Å². The number of sulfonamides is 1. The molecule has 8 nitrogen and oxygen atoms in total. The second kappa shape index (κ2) is 12.9. The first-order valence-electron chi connectivity index (χ1n) is 13.7. The quantitative estimate of drug-likeness (QED) is 0.245. The number of methoxy groups -OCH3 is 1. The standard InChI is InChI=1S/C32H33ClN4O4S/c1-23(24-8-4-3-5-9-24)35-42(39,40)31-22-27(34-32(38)25-12-14-26(33)15-13-25)16-17-29(31)37-20-18-36(19-21-37)28-10-6-7-11-30(28)41-2/h3-17,22-23,35H,18-21H2,1-2H3,(H,34,38)/t23-/m0/s1. The van der Waals surface area contributed by atoms with Crippen LogP contribution in [0.1, 0.15) is 28.9 Å². The number of carbonyl (C=O) groups excluding carboxylic acids is 1. The smallest absolute Gasteiger partial charge is 0.255 e. The predicted molar refractivity (Wildman–Crippen MR) is 168 cm³/mol. The highest BCUT2D eigenvalue weighted by Gasteiger charge is 2.28. The zero-order chi connectivity index (χ0) is 29.7. The molecule has 1 aliphatic heterocycles. The fraction of sp³-hybridized carbons (Fsp3) is 0.219. The Morgan fingerprint density at radius 2 is 1.45 bits per heavy atom. The molecule has 0 radical (unpaired) electrons. The van der Waals surface area contributed by atoms with Gasteiger partial charge in [-0.3, -0.25) is 4.79 Å². The van der Waals surface area contributed by atoms with Crippen molar-refractivity contribution < 1.29 is 17.9 Å². The molecule has 1 heterocycles. The fourth-order valence-electron chi connectivity index (χ4n) is 5.06. The summed E-state index contributed by atoms with van der Waals surface area (Å²) >= 11 is 5.96. The fourth-order valence-corrected chi connectivity index (χ4v) is 6.67. The molecule has 4 aromatic carbocycles. The number of amides is 1. The van der Waals surface area contributed by atoms with Gasteiger partial charge in [-0.25, -0.2) is 13.1 Å². The van der Waals surface area contributed by atoms with Crippen LogP contribution in [-0.2, 0) is 10.0 Å². The minimum atomic E-state index is -3.99. The van der Waals surface area contributed by atoms with Crippen LogP contribution in [0.25, 0.3) is 0 Å². The molecule has 0 aromatic heterocycles. The van der Waals surface area contributed by atoms with E-state index in [9.17, 15) is 13.2 Å². The molecule has 10 heteroatoms. The Kier molecular flexibility index (Phi) is 9.01. The molecule has 1 fully saturated rings. The number of anilines is 3. The van der Waals surface area contributed by atoms with Crippen LogP contribution in [0.4, 0.5) is 17.1 Å². The molecular weight excluding hydrogens is 572 g/mol. The van der Waals surface area contributed by atoms with Crippen molar-refractivity contribution in [2.75, 3.05) is 48.4 Å². The maximum absolute atomic E-state index is 13.9. The van der Waals surface area contributed by atoms with Crippen LogP contribution in [0.3, 0.4) is 0 Å². The van der Waals surface area contributed by atoms with Crippen molar-refractivity contribution in [2.24, 2.45) is 0 Å². The van der Waals surface area contributed by atoms with Crippen molar-refractivity contribution in [1.29, 1.82) is 0 Å². The molecule has 0 aliphatic carbocycles. The maximum atomic E-state index is 13.9. The highest BCUT2D eigenvalue weighted by molar-refractivity contribution is 7.89. The van der Waals surface area contributed by atoms with Crippen molar-refractivity contribution in [2.45, 2.75) is 17.9 Å². The number of para-hydroxylation sites is 2. The third kappa shape index (κ3) is 6.70. The summed E-state index contributed by atoms with van der Waals surface area (Å²) in [6.07, 6.45) is 0. The molecule has 2 N–H and O–H groups in total. The van der Waals surface area contributed by atoms with Gasteiger partial charge in [-0.1, -0.05) is 54.1 Å². The zero-order valence-corrected chi connectivity index (χ0v) is 25.0. The summed E-state index contributed by atoms with van der Waals surface area (Å²) in [6, 6.07) is 28.3.